The molecule has 0 unspecified atom stereocenters. The molecule has 0 fully saturated rings. The number of esters is 1. The van der Waals surface area contributed by atoms with Crippen molar-refractivity contribution >= 4 is 47.1 Å². The van der Waals surface area contributed by atoms with E-state index in [9.17, 15) is 14.4 Å². The van der Waals surface area contributed by atoms with Crippen LogP contribution in [0.25, 0.3) is 11.1 Å². The summed E-state index contributed by atoms with van der Waals surface area (Å²) < 4.78 is 4.85. The van der Waals surface area contributed by atoms with Gasteiger partial charge in [-0.15, -0.1) is 0 Å². The van der Waals surface area contributed by atoms with Crippen LogP contribution >= 0.6 is 23.2 Å². The van der Waals surface area contributed by atoms with Gasteiger partial charge in [0.2, 0.25) is 0 Å². The van der Waals surface area contributed by atoms with Crippen molar-refractivity contribution in [2.45, 2.75) is 0 Å². The highest BCUT2D eigenvalue weighted by Crippen LogP contribution is 2.28. The van der Waals surface area contributed by atoms with Gasteiger partial charge in [-0.2, -0.15) is 0 Å². The van der Waals surface area contributed by atoms with Gasteiger partial charge in [-0.25, -0.2) is 4.79 Å². The van der Waals surface area contributed by atoms with Gasteiger partial charge < -0.3 is 10.1 Å². The summed E-state index contributed by atoms with van der Waals surface area (Å²) in [5, 5.41) is 3.28. The van der Waals surface area contributed by atoms with Crippen LogP contribution in [0.2, 0.25) is 10.0 Å². The van der Waals surface area contributed by atoms with Crippen LogP contribution in [0.5, 0.6) is 0 Å². The van der Waals surface area contributed by atoms with E-state index in [1.807, 2.05) is 6.07 Å². The fourth-order valence-electron chi connectivity index (χ4n) is 2.77. The molecular formula is C22H15Cl2NO4. The number of hydrogen-bond acceptors (Lipinski definition) is 4. The van der Waals surface area contributed by atoms with Crippen molar-refractivity contribution in [1.29, 1.82) is 0 Å². The van der Waals surface area contributed by atoms with E-state index in [1.165, 1.54) is 19.2 Å². The zero-order valence-electron chi connectivity index (χ0n) is 15.2. The van der Waals surface area contributed by atoms with Crippen LogP contribution in [0.3, 0.4) is 0 Å². The number of anilines is 1. The van der Waals surface area contributed by atoms with E-state index < -0.39 is 11.9 Å². The number of methoxy groups -OCH3 is 1. The van der Waals surface area contributed by atoms with Crippen molar-refractivity contribution in [3.8, 4) is 11.1 Å². The SMILES string of the molecule is COC(=O)c1cc(-c2cccc(C=O)c2)ccc1NC(=O)c1ccc(Cl)cc1Cl. The summed E-state index contributed by atoms with van der Waals surface area (Å²) in [5.41, 5.74) is 2.60. The molecule has 0 heterocycles. The molecule has 3 aromatic rings. The van der Waals surface area contributed by atoms with Crippen molar-refractivity contribution in [3.63, 3.8) is 0 Å². The maximum absolute atomic E-state index is 12.6. The molecule has 146 valence electrons. The van der Waals surface area contributed by atoms with Gasteiger partial charge in [-0.1, -0.05) is 47.5 Å². The van der Waals surface area contributed by atoms with E-state index in [-0.39, 0.29) is 21.8 Å². The van der Waals surface area contributed by atoms with E-state index in [1.54, 1.807) is 42.5 Å². The lowest BCUT2D eigenvalue weighted by Crippen LogP contribution is -2.16. The molecule has 3 rings (SSSR count). The third kappa shape index (κ3) is 4.65. The molecule has 0 saturated heterocycles. The summed E-state index contributed by atoms with van der Waals surface area (Å²) >= 11 is 12.0. The van der Waals surface area contributed by atoms with E-state index >= 15 is 0 Å². The van der Waals surface area contributed by atoms with Crippen molar-refractivity contribution in [1.82, 2.24) is 0 Å². The number of aldehydes is 1. The number of amides is 1. The monoisotopic (exact) mass is 427 g/mol. The highest BCUT2D eigenvalue weighted by atomic mass is 35.5. The van der Waals surface area contributed by atoms with Crippen LogP contribution < -0.4 is 5.32 Å². The van der Waals surface area contributed by atoms with Gasteiger partial charge in [-0.05, 0) is 47.5 Å². The number of ether oxygens (including phenoxy) is 1. The van der Waals surface area contributed by atoms with Gasteiger partial charge in [0, 0.05) is 10.6 Å². The lowest BCUT2D eigenvalue weighted by Gasteiger charge is -2.13. The third-order valence-corrected chi connectivity index (χ3v) is 4.75. The highest BCUT2D eigenvalue weighted by Gasteiger charge is 2.18. The van der Waals surface area contributed by atoms with Gasteiger partial charge >= 0.3 is 5.97 Å². The molecule has 0 radical (unpaired) electrons. The van der Waals surface area contributed by atoms with Gasteiger partial charge in [0.1, 0.15) is 6.29 Å². The highest BCUT2D eigenvalue weighted by molar-refractivity contribution is 6.37. The minimum Gasteiger partial charge on any atom is -0.465 e. The van der Waals surface area contributed by atoms with Crippen molar-refractivity contribution < 1.29 is 19.1 Å². The number of halogens is 2. The standard InChI is InChI=1S/C22H15Cl2NO4/c1-29-22(28)18-10-15(14-4-2-3-13(9-14)12-26)5-8-20(18)25-21(27)17-7-6-16(23)11-19(17)24/h2-12H,1H3,(H,25,27). The number of nitrogens with one attached hydrogen (secondary N) is 1. The topological polar surface area (TPSA) is 72.5 Å². The number of benzene rings is 3. The predicted octanol–water partition coefficient (Wildman–Crippen LogP) is 5.51. The average molecular weight is 428 g/mol. The molecule has 0 saturated carbocycles. The fraction of sp³-hybridized carbons (Fsp3) is 0.0455. The molecule has 0 atom stereocenters. The molecule has 0 aliphatic heterocycles. The van der Waals surface area contributed by atoms with Crippen LogP contribution in [0.15, 0.2) is 60.7 Å². The second-order valence-electron chi connectivity index (χ2n) is 6.07. The molecule has 3 aromatic carbocycles. The lowest BCUT2D eigenvalue weighted by molar-refractivity contribution is 0.0602. The smallest absolute Gasteiger partial charge is 0.339 e. The number of carbonyl (C=O) groups excluding carboxylic acids is 3. The Labute approximate surface area is 177 Å². The first kappa shape index (κ1) is 20.6. The second kappa shape index (κ2) is 8.90. The first-order valence-corrected chi connectivity index (χ1v) is 9.23. The largest absolute Gasteiger partial charge is 0.465 e. The van der Waals surface area contributed by atoms with Crippen LogP contribution in [-0.2, 0) is 4.74 Å². The summed E-state index contributed by atoms with van der Waals surface area (Å²) in [4.78, 5) is 35.9. The Morgan fingerprint density at radius 2 is 1.69 bits per heavy atom. The Bertz CT molecular complexity index is 1110. The van der Waals surface area contributed by atoms with E-state index in [4.69, 9.17) is 27.9 Å². The molecular weight excluding hydrogens is 413 g/mol. The van der Waals surface area contributed by atoms with Crippen molar-refractivity contribution in [3.05, 3.63) is 87.4 Å². The van der Waals surface area contributed by atoms with Crippen LogP contribution in [0, 0.1) is 0 Å². The van der Waals surface area contributed by atoms with Gasteiger partial charge in [0.15, 0.2) is 0 Å². The number of rotatable bonds is 5. The second-order valence-corrected chi connectivity index (χ2v) is 6.92. The summed E-state index contributed by atoms with van der Waals surface area (Å²) in [6, 6.07) is 16.4. The van der Waals surface area contributed by atoms with E-state index in [0.717, 1.165) is 11.8 Å². The summed E-state index contributed by atoms with van der Waals surface area (Å²) in [6.45, 7) is 0. The lowest BCUT2D eigenvalue weighted by atomic mass is 10.00. The number of hydrogen-bond donors (Lipinski definition) is 1. The molecule has 1 N–H and O–H groups in total. The summed E-state index contributed by atoms with van der Waals surface area (Å²) in [5.74, 6) is -1.11. The first-order valence-electron chi connectivity index (χ1n) is 8.47. The molecule has 0 aliphatic rings. The Kier molecular flexibility index (Phi) is 6.32. The molecule has 29 heavy (non-hydrogen) atoms. The normalized spacial score (nSPS) is 10.3. The zero-order valence-corrected chi connectivity index (χ0v) is 16.8. The van der Waals surface area contributed by atoms with Gasteiger partial charge in [-0.3, -0.25) is 9.59 Å². The average Bonchev–Trinajstić information content (AvgIpc) is 2.73. The Balaban J connectivity index is 1.99. The van der Waals surface area contributed by atoms with Crippen LogP contribution in [-0.4, -0.2) is 25.3 Å². The molecule has 0 aliphatic carbocycles. The molecule has 1 amide bonds. The zero-order chi connectivity index (χ0) is 21.0. The molecule has 0 aromatic heterocycles. The maximum Gasteiger partial charge on any atom is 0.339 e. The van der Waals surface area contributed by atoms with Gasteiger partial charge in [0.05, 0.1) is 28.9 Å². The summed E-state index contributed by atoms with van der Waals surface area (Å²) in [7, 11) is 1.25. The molecule has 0 spiro atoms. The third-order valence-electron chi connectivity index (χ3n) is 4.20. The predicted molar refractivity (Wildman–Crippen MR) is 113 cm³/mol. The molecule has 0 bridgehead atoms. The molecule has 5 nitrogen and oxygen atoms in total. The number of carbonyl (C=O) groups is 3. The van der Waals surface area contributed by atoms with Gasteiger partial charge in [0.25, 0.3) is 5.91 Å². The van der Waals surface area contributed by atoms with E-state index in [2.05, 4.69) is 5.32 Å². The quantitative estimate of drug-likeness (QED) is 0.430. The van der Waals surface area contributed by atoms with Crippen molar-refractivity contribution in [2.24, 2.45) is 0 Å². The first-order chi connectivity index (χ1) is 13.9. The minimum atomic E-state index is -0.615. The minimum absolute atomic E-state index is 0.167. The Hall–Kier alpha value is -3.15. The van der Waals surface area contributed by atoms with E-state index in [0.29, 0.717) is 16.1 Å². The van der Waals surface area contributed by atoms with Crippen LogP contribution in [0.4, 0.5) is 5.69 Å². The Morgan fingerprint density at radius 3 is 2.38 bits per heavy atom. The summed E-state index contributed by atoms with van der Waals surface area (Å²) in [6.07, 6.45) is 0.745. The fourth-order valence-corrected chi connectivity index (χ4v) is 3.26. The molecule has 7 heteroatoms. The van der Waals surface area contributed by atoms with Crippen molar-refractivity contribution in [2.75, 3.05) is 12.4 Å². The Morgan fingerprint density at radius 1 is 0.931 bits per heavy atom. The maximum atomic E-state index is 12.6. The van der Waals surface area contributed by atoms with Crippen LogP contribution in [0.1, 0.15) is 31.1 Å².